The number of methoxy groups -OCH3 is 1. The fourth-order valence-corrected chi connectivity index (χ4v) is 3.24. The molecule has 0 saturated heterocycles. The second-order valence-electron chi connectivity index (χ2n) is 10.3. The van der Waals surface area contributed by atoms with E-state index >= 15 is 0 Å². The van der Waals surface area contributed by atoms with Crippen LogP contribution in [0.15, 0.2) is 0 Å². The van der Waals surface area contributed by atoms with Gasteiger partial charge in [0, 0.05) is 13.3 Å². The summed E-state index contributed by atoms with van der Waals surface area (Å²) in [6.45, 7) is 14.1. The summed E-state index contributed by atoms with van der Waals surface area (Å²) in [6.07, 6.45) is 0.533. The zero-order valence-electron chi connectivity index (χ0n) is 22.1. The molecule has 0 aromatic heterocycles. The predicted octanol–water partition coefficient (Wildman–Crippen LogP) is 1.85. The molecule has 10 heteroatoms. The highest BCUT2D eigenvalue weighted by atomic mass is 16.6. The Hall–Kier alpha value is -2.65. The van der Waals surface area contributed by atoms with Crippen molar-refractivity contribution in [3.05, 3.63) is 0 Å². The highest BCUT2D eigenvalue weighted by Crippen LogP contribution is 2.12. The predicted molar refractivity (Wildman–Crippen MR) is 127 cm³/mol. The van der Waals surface area contributed by atoms with Crippen molar-refractivity contribution in [2.75, 3.05) is 7.11 Å². The van der Waals surface area contributed by atoms with E-state index in [-0.39, 0.29) is 30.6 Å². The van der Waals surface area contributed by atoms with Crippen LogP contribution in [0.1, 0.15) is 81.1 Å². The summed E-state index contributed by atoms with van der Waals surface area (Å²) >= 11 is 0. The molecule has 3 N–H and O–H groups in total. The summed E-state index contributed by atoms with van der Waals surface area (Å²) in [4.78, 5) is 62.0. The summed E-state index contributed by atoms with van der Waals surface area (Å²) in [6, 6.07) is -2.87. The Morgan fingerprint density at radius 2 is 1.24 bits per heavy atom. The Bertz CT molecular complexity index is 714. The van der Waals surface area contributed by atoms with Crippen LogP contribution in [0.2, 0.25) is 0 Å². The minimum atomic E-state index is -1.12. The Kier molecular flexibility index (Phi) is 13.4. The van der Waals surface area contributed by atoms with Crippen molar-refractivity contribution in [3.63, 3.8) is 0 Å². The van der Waals surface area contributed by atoms with E-state index in [2.05, 4.69) is 16.0 Å². The van der Waals surface area contributed by atoms with Crippen LogP contribution in [0.5, 0.6) is 0 Å². The van der Waals surface area contributed by atoms with E-state index in [1.807, 2.05) is 27.7 Å². The van der Waals surface area contributed by atoms with E-state index in [4.69, 9.17) is 9.47 Å². The number of ether oxygens (including phenoxy) is 2. The lowest BCUT2D eigenvalue weighted by atomic mass is 10.0. The van der Waals surface area contributed by atoms with Crippen LogP contribution in [0.3, 0.4) is 0 Å². The standard InChI is InChI=1S/C24H43N3O7/c1-14(2)12-18(25-16(5)28)22(31)26-17(10-11-20(29)34-24(6,7)8)21(30)27-19(13-15(3)4)23(32)33-9/h14-15,17-19H,10-13H2,1-9H3,(H,25,28)(H,26,31)(H,27,30)/t17?,18-,19-/m0/s1. The van der Waals surface area contributed by atoms with Gasteiger partial charge in [-0.15, -0.1) is 0 Å². The molecule has 3 atom stereocenters. The molecule has 0 saturated carbocycles. The number of rotatable bonds is 13. The molecule has 0 spiro atoms. The van der Waals surface area contributed by atoms with Crippen LogP contribution in [-0.2, 0) is 33.4 Å². The summed E-state index contributed by atoms with van der Waals surface area (Å²) in [5, 5.41) is 7.86. The normalized spacial score (nSPS) is 14.1. The minimum Gasteiger partial charge on any atom is -0.467 e. The molecule has 0 radical (unpaired) electrons. The van der Waals surface area contributed by atoms with Gasteiger partial charge in [-0.3, -0.25) is 19.2 Å². The quantitative estimate of drug-likeness (QED) is 0.338. The SMILES string of the molecule is COC(=O)[C@H](CC(C)C)NC(=O)C(CCC(=O)OC(C)(C)C)NC(=O)[C@H](CC(C)C)NC(C)=O. The van der Waals surface area contributed by atoms with Crippen LogP contribution in [-0.4, -0.2) is 60.5 Å². The van der Waals surface area contributed by atoms with Crippen molar-refractivity contribution in [1.29, 1.82) is 0 Å². The fraction of sp³-hybridized carbons (Fsp3) is 0.792. The molecule has 0 aromatic rings. The number of hydrogen-bond acceptors (Lipinski definition) is 7. The number of hydrogen-bond donors (Lipinski definition) is 3. The van der Waals surface area contributed by atoms with Crippen molar-refractivity contribution in [2.24, 2.45) is 11.8 Å². The van der Waals surface area contributed by atoms with E-state index < -0.39 is 47.5 Å². The third-order valence-electron chi connectivity index (χ3n) is 4.60. The Labute approximate surface area is 203 Å². The molecule has 196 valence electrons. The number of esters is 2. The molecule has 0 fully saturated rings. The van der Waals surface area contributed by atoms with Crippen LogP contribution < -0.4 is 16.0 Å². The lowest BCUT2D eigenvalue weighted by Gasteiger charge is -2.26. The topological polar surface area (TPSA) is 140 Å². The first-order valence-electron chi connectivity index (χ1n) is 11.7. The van der Waals surface area contributed by atoms with Gasteiger partial charge in [0.05, 0.1) is 7.11 Å². The first-order chi connectivity index (χ1) is 15.5. The van der Waals surface area contributed by atoms with E-state index in [1.54, 1.807) is 20.8 Å². The Morgan fingerprint density at radius 1 is 0.765 bits per heavy atom. The summed E-state index contributed by atoms with van der Waals surface area (Å²) in [5.74, 6) is -2.48. The molecule has 34 heavy (non-hydrogen) atoms. The fourth-order valence-electron chi connectivity index (χ4n) is 3.24. The first-order valence-corrected chi connectivity index (χ1v) is 11.7. The molecule has 10 nitrogen and oxygen atoms in total. The van der Waals surface area contributed by atoms with Gasteiger partial charge in [0.2, 0.25) is 17.7 Å². The minimum absolute atomic E-state index is 0.0451. The average Bonchev–Trinajstić information content (AvgIpc) is 2.66. The maximum atomic E-state index is 13.1. The third kappa shape index (κ3) is 13.8. The largest absolute Gasteiger partial charge is 0.467 e. The van der Waals surface area contributed by atoms with Gasteiger partial charge >= 0.3 is 11.9 Å². The highest BCUT2D eigenvalue weighted by Gasteiger charge is 2.31. The van der Waals surface area contributed by atoms with Gasteiger partial charge in [-0.05, 0) is 51.9 Å². The monoisotopic (exact) mass is 485 g/mol. The van der Waals surface area contributed by atoms with E-state index in [1.165, 1.54) is 14.0 Å². The molecule has 0 aromatic carbocycles. The van der Waals surface area contributed by atoms with E-state index in [0.717, 1.165) is 0 Å². The zero-order chi connectivity index (χ0) is 26.6. The van der Waals surface area contributed by atoms with Crippen molar-refractivity contribution in [3.8, 4) is 0 Å². The summed E-state index contributed by atoms with van der Waals surface area (Å²) in [5.41, 5.74) is -0.695. The second kappa shape index (κ2) is 14.6. The van der Waals surface area contributed by atoms with Gasteiger partial charge in [-0.1, -0.05) is 27.7 Å². The third-order valence-corrected chi connectivity index (χ3v) is 4.60. The molecule has 3 amide bonds. The van der Waals surface area contributed by atoms with Crippen LogP contribution in [0, 0.1) is 11.8 Å². The van der Waals surface area contributed by atoms with Crippen molar-refractivity contribution in [1.82, 2.24) is 16.0 Å². The smallest absolute Gasteiger partial charge is 0.328 e. The number of amides is 3. The average molecular weight is 486 g/mol. The van der Waals surface area contributed by atoms with Gasteiger partial charge in [-0.2, -0.15) is 0 Å². The van der Waals surface area contributed by atoms with Crippen molar-refractivity contribution < 1.29 is 33.4 Å². The van der Waals surface area contributed by atoms with E-state index in [9.17, 15) is 24.0 Å². The molecular formula is C24H43N3O7. The maximum absolute atomic E-state index is 13.1. The number of nitrogens with one attached hydrogen (secondary N) is 3. The Balaban J connectivity index is 5.66. The highest BCUT2D eigenvalue weighted by molar-refractivity contribution is 5.93. The van der Waals surface area contributed by atoms with Crippen LogP contribution in [0.4, 0.5) is 0 Å². The molecule has 0 aliphatic rings. The van der Waals surface area contributed by atoms with Crippen molar-refractivity contribution in [2.45, 2.75) is 105 Å². The molecular weight excluding hydrogens is 442 g/mol. The van der Waals surface area contributed by atoms with Gasteiger partial charge in [0.15, 0.2) is 0 Å². The number of carbonyl (C=O) groups excluding carboxylic acids is 5. The first kappa shape index (κ1) is 31.4. The number of carbonyl (C=O) groups is 5. The zero-order valence-corrected chi connectivity index (χ0v) is 22.1. The molecule has 0 heterocycles. The van der Waals surface area contributed by atoms with Gasteiger partial charge in [0.25, 0.3) is 0 Å². The summed E-state index contributed by atoms with van der Waals surface area (Å²) < 4.78 is 10.1. The molecule has 0 bridgehead atoms. The van der Waals surface area contributed by atoms with Gasteiger partial charge in [-0.25, -0.2) is 4.79 Å². The molecule has 0 aliphatic heterocycles. The van der Waals surface area contributed by atoms with Crippen molar-refractivity contribution >= 4 is 29.7 Å². The molecule has 1 unspecified atom stereocenters. The van der Waals surface area contributed by atoms with Crippen LogP contribution >= 0.6 is 0 Å². The Morgan fingerprint density at radius 3 is 1.68 bits per heavy atom. The molecule has 0 aliphatic carbocycles. The van der Waals surface area contributed by atoms with Crippen LogP contribution in [0.25, 0.3) is 0 Å². The lowest BCUT2D eigenvalue weighted by Crippen LogP contribution is -2.56. The van der Waals surface area contributed by atoms with Gasteiger partial charge in [0.1, 0.15) is 23.7 Å². The maximum Gasteiger partial charge on any atom is 0.328 e. The van der Waals surface area contributed by atoms with Gasteiger partial charge < -0.3 is 25.4 Å². The summed E-state index contributed by atoms with van der Waals surface area (Å²) in [7, 11) is 1.23. The lowest BCUT2D eigenvalue weighted by molar-refractivity contribution is -0.155. The second-order valence-corrected chi connectivity index (χ2v) is 10.3. The van der Waals surface area contributed by atoms with E-state index in [0.29, 0.717) is 12.8 Å². The molecule has 0 rings (SSSR count).